The molecule has 0 bridgehead atoms. The highest BCUT2D eigenvalue weighted by Crippen LogP contribution is 2.44. The lowest BCUT2D eigenvalue weighted by Crippen LogP contribution is -2.38. The van der Waals surface area contributed by atoms with E-state index in [-0.39, 0.29) is 11.7 Å². The predicted octanol–water partition coefficient (Wildman–Crippen LogP) is 7.14. The molecule has 2 amide bonds. The quantitative estimate of drug-likeness (QED) is 0.319. The number of hydrogen-bond donors (Lipinski definition) is 1. The predicted molar refractivity (Wildman–Crippen MR) is 134 cm³/mol. The lowest BCUT2D eigenvalue weighted by atomic mass is 9.95. The standard InChI is InChI=1S/C28H25F2N3OS/c1-17-8-10-18(11-9-17)26-24-6-4-14-32(24)27-21(20-5-2-3-7-25(20)35-27)16-33(26)28(34)31-23-13-12-19(29)15-22(23)30/h4,6,8-15,26H,2-3,5,7,16H2,1H3,(H,31,34). The first-order valence-corrected chi connectivity index (χ1v) is 12.7. The molecular formula is C28H25F2N3OS. The molecule has 3 heterocycles. The second-order valence-electron chi connectivity index (χ2n) is 9.29. The summed E-state index contributed by atoms with van der Waals surface area (Å²) in [6.07, 6.45) is 6.47. The van der Waals surface area contributed by atoms with E-state index in [1.54, 1.807) is 4.90 Å². The Kier molecular flexibility index (Phi) is 5.44. The van der Waals surface area contributed by atoms with Crippen molar-refractivity contribution in [2.45, 2.75) is 45.2 Å². The lowest BCUT2D eigenvalue weighted by Gasteiger charge is -2.31. The Morgan fingerprint density at radius 2 is 1.83 bits per heavy atom. The Morgan fingerprint density at radius 3 is 2.63 bits per heavy atom. The van der Waals surface area contributed by atoms with Gasteiger partial charge in [-0.15, -0.1) is 11.3 Å². The number of rotatable bonds is 2. The van der Waals surface area contributed by atoms with Crippen molar-refractivity contribution in [3.05, 3.63) is 105 Å². The Balaban J connectivity index is 1.49. The maximum absolute atomic E-state index is 14.5. The molecule has 0 saturated carbocycles. The number of thiophene rings is 1. The minimum absolute atomic E-state index is 0.0359. The van der Waals surface area contributed by atoms with Crippen molar-refractivity contribution in [2.24, 2.45) is 0 Å². The Hall–Kier alpha value is -3.45. The number of urea groups is 1. The van der Waals surface area contributed by atoms with Crippen LogP contribution < -0.4 is 5.32 Å². The van der Waals surface area contributed by atoms with Gasteiger partial charge in [-0.05, 0) is 68.0 Å². The van der Waals surface area contributed by atoms with Gasteiger partial charge in [0.05, 0.1) is 24.0 Å². The molecule has 6 rings (SSSR count). The fourth-order valence-corrected chi connectivity index (χ4v) is 6.67. The van der Waals surface area contributed by atoms with Crippen molar-refractivity contribution in [3.63, 3.8) is 0 Å². The van der Waals surface area contributed by atoms with Crippen LogP contribution in [-0.2, 0) is 19.4 Å². The van der Waals surface area contributed by atoms with Crippen LogP contribution in [0.4, 0.5) is 19.3 Å². The van der Waals surface area contributed by atoms with Crippen LogP contribution in [0.25, 0.3) is 5.00 Å². The average molecular weight is 490 g/mol. The van der Waals surface area contributed by atoms with Crippen molar-refractivity contribution in [1.29, 1.82) is 0 Å². The van der Waals surface area contributed by atoms with Crippen molar-refractivity contribution in [2.75, 3.05) is 5.32 Å². The molecule has 0 radical (unpaired) electrons. The number of halogens is 2. The van der Waals surface area contributed by atoms with E-state index in [0.717, 1.165) is 53.2 Å². The number of benzene rings is 2. The largest absolute Gasteiger partial charge is 0.323 e. The van der Waals surface area contributed by atoms with E-state index in [1.165, 1.54) is 28.5 Å². The second-order valence-corrected chi connectivity index (χ2v) is 10.4. The number of nitrogens with zero attached hydrogens (tertiary/aromatic N) is 2. The number of carbonyl (C=O) groups excluding carboxylic acids is 1. The highest BCUT2D eigenvalue weighted by atomic mass is 32.1. The van der Waals surface area contributed by atoms with Crippen molar-refractivity contribution >= 4 is 23.1 Å². The number of nitrogens with one attached hydrogen (secondary N) is 1. The van der Waals surface area contributed by atoms with Gasteiger partial charge in [-0.2, -0.15) is 0 Å². The maximum atomic E-state index is 14.5. The third-order valence-corrected chi connectivity index (χ3v) is 8.34. The number of anilines is 1. The molecule has 1 atom stereocenters. The van der Waals surface area contributed by atoms with E-state index in [4.69, 9.17) is 0 Å². The number of carbonyl (C=O) groups is 1. The van der Waals surface area contributed by atoms with Gasteiger partial charge in [-0.3, -0.25) is 0 Å². The van der Waals surface area contributed by atoms with Gasteiger partial charge in [0.2, 0.25) is 0 Å². The highest BCUT2D eigenvalue weighted by molar-refractivity contribution is 7.15. The molecule has 7 heteroatoms. The molecule has 1 aliphatic carbocycles. The van der Waals surface area contributed by atoms with Gasteiger partial charge in [0.25, 0.3) is 0 Å². The third-order valence-electron chi connectivity index (χ3n) is 7.01. The summed E-state index contributed by atoms with van der Waals surface area (Å²) in [6, 6.07) is 14.7. The maximum Gasteiger partial charge on any atom is 0.323 e. The number of aryl methyl sites for hydroxylation is 2. The highest BCUT2D eigenvalue weighted by Gasteiger charge is 2.36. The Bertz CT molecular complexity index is 1420. The zero-order valence-corrected chi connectivity index (χ0v) is 20.2. The van der Waals surface area contributed by atoms with Gasteiger partial charge in [0.15, 0.2) is 0 Å². The summed E-state index contributed by atoms with van der Waals surface area (Å²) in [4.78, 5) is 17.0. The molecule has 4 aromatic rings. The van der Waals surface area contributed by atoms with Crippen LogP contribution in [0.1, 0.15) is 51.7 Å². The molecule has 2 aromatic heterocycles. The molecule has 2 aliphatic rings. The van der Waals surface area contributed by atoms with E-state index in [2.05, 4.69) is 22.1 Å². The molecule has 2 aromatic carbocycles. The number of fused-ring (bicyclic) bond motifs is 5. The van der Waals surface area contributed by atoms with Gasteiger partial charge < -0.3 is 14.8 Å². The van der Waals surface area contributed by atoms with Gasteiger partial charge in [0.1, 0.15) is 16.6 Å². The molecule has 1 aliphatic heterocycles. The van der Waals surface area contributed by atoms with Crippen LogP contribution in [0.2, 0.25) is 0 Å². The molecule has 0 fully saturated rings. The summed E-state index contributed by atoms with van der Waals surface area (Å²) in [5.41, 5.74) is 5.59. The second kappa shape index (κ2) is 8.64. The molecule has 1 unspecified atom stereocenters. The van der Waals surface area contributed by atoms with Gasteiger partial charge in [-0.25, -0.2) is 13.6 Å². The Morgan fingerprint density at radius 1 is 1.03 bits per heavy atom. The van der Waals surface area contributed by atoms with E-state index >= 15 is 0 Å². The van der Waals surface area contributed by atoms with Crippen molar-refractivity contribution in [1.82, 2.24) is 9.47 Å². The van der Waals surface area contributed by atoms with E-state index in [0.29, 0.717) is 6.54 Å². The van der Waals surface area contributed by atoms with Crippen LogP contribution in [0, 0.1) is 18.6 Å². The topological polar surface area (TPSA) is 37.3 Å². The van der Waals surface area contributed by atoms with E-state index in [9.17, 15) is 13.6 Å². The van der Waals surface area contributed by atoms with Crippen molar-refractivity contribution in [3.8, 4) is 5.00 Å². The van der Waals surface area contributed by atoms with Gasteiger partial charge in [-0.1, -0.05) is 29.8 Å². The fraction of sp³-hybridized carbons (Fsp3) is 0.250. The summed E-state index contributed by atoms with van der Waals surface area (Å²) in [5, 5.41) is 3.88. The minimum Gasteiger partial charge on any atom is -0.310 e. The van der Waals surface area contributed by atoms with Crippen molar-refractivity contribution < 1.29 is 13.6 Å². The Labute approximate surface area is 206 Å². The SMILES string of the molecule is Cc1ccc(C2c3cccn3-c3sc4c(c3CN2C(=O)Nc2ccc(F)cc2F)CCCC4)cc1. The molecule has 178 valence electrons. The first-order chi connectivity index (χ1) is 17.0. The monoisotopic (exact) mass is 489 g/mol. The number of aromatic nitrogens is 1. The number of amides is 2. The van der Waals surface area contributed by atoms with E-state index in [1.807, 2.05) is 48.6 Å². The molecule has 35 heavy (non-hydrogen) atoms. The number of hydrogen-bond acceptors (Lipinski definition) is 2. The first kappa shape index (κ1) is 22.0. The molecule has 0 spiro atoms. The van der Waals surface area contributed by atoms with Crippen LogP contribution in [0.3, 0.4) is 0 Å². The van der Waals surface area contributed by atoms with Crippen LogP contribution >= 0.6 is 11.3 Å². The smallest absolute Gasteiger partial charge is 0.310 e. The molecule has 1 N–H and O–H groups in total. The van der Waals surface area contributed by atoms with Crippen LogP contribution in [0.5, 0.6) is 0 Å². The summed E-state index contributed by atoms with van der Waals surface area (Å²) in [7, 11) is 0. The molecule has 4 nitrogen and oxygen atoms in total. The van der Waals surface area contributed by atoms with Crippen LogP contribution in [0.15, 0.2) is 60.8 Å². The summed E-state index contributed by atoms with van der Waals surface area (Å²) in [6.45, 7) is 2.45. The summed E-state index contributed by atoms with van der Waals surface area (Å²) >= 11 is 1.82. The lowest BCUT2D eigenvalue weighted by molar-refractivity contribution is 0.194. The minimum atomic E-state index is -0.794. The summed E-state index contributed by atoms with van der Waals surface area (Å²) < 4.78 is 30.1. The fourth-order valence-electron chi connectivity index (χ4n) is 5.26. The molecular weight excluding hydrogens is 464 g/mol. The average Bonchev–Trinajstić information content (AvgIpc) is 3.43. The summed E-state index contributed by atoms with van der Waals surface area (Å²) in [5.74, 6) is -1.47. The first-order valence-electron chi connectivity index (χ1n) is 11.9. The van der Waals surface area contributed by atoms with Crippen LogP contribution in [-0.4, -0.2) is 15.5 Å². The molecule has 0 saturated heterocycles. The van der Waals surface area contributed by atoms with Gasteiger partial charge in [0, 0.05) is 22.7 Å². The zero-order valence-electron chi connectivity index (χ0n) is 19.4. The van der Waals surface area contributed by atoms with Gasteiger partial charge >= 0.3 is 6.03 Å². The normalized spacial score (nSPS) is 16.8. The third kappa shape index (κ3) is 3.84. The van der Waals surface area contributed by atoms with E-state index < -0.39 is 17.7 Å². The zero-order chi connectivity index (χ0) is 24.1.